The topological polar surface area (TPSA) is 55.4 Å². The van der Waals surface area contributed by atoms with Gasteiger partial charge in [-0.05, 0) is 37.5 Å². The molecule has 0 atom stereocenters. The first-order valence-electron chi connectivity index (χ1n) is 5.49. The molecule has 5 heteroatoms. The maximum atomic E-state index is 11.0. The van der Waals surface area contributed by atoms with Gasteiger partial charge >= 0.3 is 0 Å². The normalized spacial score (nSPS) is 10.1. The van der Waals surface area contributed by atoms with E-state index in [1.165, 1.54) is 0 Å². The summed E-state index contributed by atoms with van der Waals surface area (Å²) in [4.78, 5) is 21.3. The van der Waals surface area contributed by atoms with Gasteiger partial charge in [-0.15, -0.1) is 0 Å². The van der Waals surface area contributed by atoms with E-state index in [9.17, 15) is 9.59 Å². The van der Waals surface area contributed by atoms with Crippen LogP contribution in [-0.4, -0.2) is 19.3 Å². The molecule has 1 rings (SSSR count). The monoisotopic (exact) mass is 269 g/mol. The molecular weight excluding hydrogens is 254 g/mol. The summed E-state index contributed by atoms with van der Waals surface area (Å²) in [7, 11) is 1.57. The molecule has 1 N–H and O–H groups in total. The van der Waals surface area contributed by atoms with Crippen molar-refractivity contribution >= 4 is 23.8 Å². The van der Waals surface area contributed by atoms with Crippen LogP contribution in [-0.2, 0) is 16.1 Å². The average molecular weight is 270 g/mol. The molecule has 1 aromatic carbocycles. The molecule has 0 aliphatic heterocycles. The molecule has 18 heavy (non-hydrogen) atoms. The lowest BCUT2D eigenvalue weighted by atomic mass is 9.98. The summed E-state index contributed by atoms with van der Waals surface area (Å²) in [5.41, 5.74) is 3.53. The second-order valence-electron chi connectivity index (χ2n) is 4.04. The molecule has 0 saturated carbocycles. The van der Waals surface area contributed by atoms with Crippen molar-refractivity contribution < 1.29 is 14.3 Å². The van der Waals surface area contributed by atoms with E-state index in [1.54, 1.807) is 7.11 Å². The van der Waals surface area contributed by atoms with Crippen molar-refractivity contribution in [1.82, 2.24) is 5.32 Å². The van der Waals surface area contributed by atoms with E-state index >= 15 is 0 Å². The zero-order chi connectivity index (χ0) is 13.9. The van der Waals surface area contributed by atoms with E-state index < -0.39 is 5.91 Å². The van der Waals surface area contributed by atoms with Gasteiger partial charge in [0.2, 0.25) is 6.29 Å². The van der Waals surface area contributed by atoms with Crippen LogP contribution < -0.4 is 10.1 Å². The number of carbonyl (C=O) groups excluding carboxylic acids is 2. The third-order valence-electron chi connectivity index (χ3n) is 3.04. The maximum Gasteiger partial charge on any atom is 0.284 e. The lowest BCUT2D eigenvalue weighted by Crippen LogP contribution is -2.24. The number of nitrogens with one attached hydrogen (secondary N) is 1. The van der Waals surface area contributed by atoms with Gasteiger partial charge in [0.15, 0.2) is 0 Å². The van der Waals surface area contributed by atoms with Crippen molar-refractivity contribution in [2.45, 2.75) is 27.3 Å². The van der Waals surface area contributed by atoms with Crippen LogP contribution >= 0.6 is 11.6 Å². The quantitative estimate of drug-likeness (QED) is 0.673. The summed E-state index contributed by atoms with van der Waals surface area (Å²) in [5.74, 6) is 0.0337. The first-order valence-corrected chi connectivity index (χ1v) is 5.86. The first kappa shape index (κ1) is 14.5. The van der Waals surface area contributed by atoms with E-state index in [4.69, 9.17) is 16.3 Å². The fourth-order valence-corrected chi connectivity index (χ4v) is 2.11. The number of halogens is 1. The Morgan fingerprint density at radius 3 is 2.39 bits per heavy atom. The molecule has 0 aliphatic carbocycles. The summed E-state index contributed by atoms with van der Waals surface area (Å²) in [6, 6.07) is 0. The molecule has 1 aromatic rings. The molecule has 0 aliphatic rings. The number of ether oxygens (including phenoxy) is 1. The van der Waals surface area contributed by atoms with Crippen LogP contribution in [0.2, 0.25) is 5.02 Å². The molecule has 0 unspecified atom stereocenters. The highest BCUT2D eigenvalue weighted by Gasteiger charge is 2.17. The van der Waals surface area contributed by atoms with Crippen LogP contribution in [0.3, 0.4) is 0 Å². The zero-order valence-corrected chi connectivity index (χ0v) is 11.6. The second kappa shape index (κ2) is 5.87. The summed E-state index contributed by atoms with van der Waals surface area (Å²) >= 11 is 6.23. The fourth-order valence-electron chi connectivity index (χ4n) is 1.85. The smallest absolute Gasteiger partial charge is 0.284 e. The minimum atomic E-state index is -0.661. The minimum Gasteiger partial charge on any atom is -0.496 e. The predicted molar refractivity (Wildman–Crippen MR) is 70.1 cm³/mol. The molecule has 98 valence electrons. The highest BCUT2D eigenvalue weighted by atomic mass is 35.5. The Balaban J connectivity index is 3.24. The number of hydrogen-bond acceptors (Lipinski definition) is 3. The number of aldehydes is 1. The Bertz CT molecular complexity index is 498. The first-order chi connectivity index (χ1) is 8.43. The number of methoxy groups -OCH3 is 1. The van der Waals surface area contributed by atoms with Crippen molar-refractivity contribution in [3.8, 4) is 5.75 Å². The van der Waals surface area contributed by atoms with Crippen molar-refractivity contribution in [3.05, 3.63) is 27.3 Å². The van der Waals surface area contributed by atoms with Crippen LogP contribution in [0.25, 0.3) is 0 Å². The van der Waals surface area contributed by atoms with E-state index in [-0.39, 0.29) is 12.8 Å². The van der Waals surface area contributed by atoms with Crippen LogP contribution in [0.4, 0.5) is 0 Å². The number of rotatable bonds is 4. The summed E-state index contributed by atoms with van der Waals surface area (Å²) in [5, 5.41) is 3.15. The molecule has 0 radical (unpaired) electrons. The molecule has 0 saturated heterocycles. The molecule has 0 heterocycles. The molecule has 1 amide bonds. The van der Waals surface area contributed by atoms with Crippen LogP contribution in [0.5, 0.6) is 5.75 Å². The Morgan fingerprint density at radius 1 is 1.28 bits per heavy atom. The predicted octanol–water partition coefficient (Wildman–Crippen LogP) is 2.09. The number of carbonyl (C=O) groups is 2. The third-order valence-corrected chi connectivity index (χ3v) is 3.61. The summed E-state index contributed by atoms with van der Waals surface area (Å²) in [6.45, 7) is 5.90. The van der Waals surface area contributed by atoms with E-state index in [2.05, 4.69) is 5.32 Å². The third kappa shape index (κ3) is 2.64. The Labute approximate surface area is 111 Å². The van der Waals surface area contributed by atoms with Gasteiger partial charge in [-0.25, -0.2) is 0 Å². The van der Waals surface area contributed by atoms with Crippen LogP contribution in [0, 0.1) is 20.8 Å². The maximum absolute atomic E-state index is 11.0. The zero-order valence-electron chi connectivity index (χ0n) is 10.9. The molecule has 0 spiro atoms. The van der Waals surface area contributed by atoms with Crippen LogP contribution in [0.15, 0.2) is 0 Å². The summed E-state index contributed by atoms with van der Waals surface area (Å²) in [6.07, 6.45) is 0.241. The van der Waals surface area contributed by atoms with Gasteiger partial charge in [0.1, 0.15) is 5.75 Å². The van der Waals surface area contributed by atoms with E-state index in [1.807, 2.05) is 20.8 Å². The van der Waals surface area contributed by atoms with Gasteiger partial charge in [-0.3, -0.25) is 9.59 Å². The largest absolute Gasteiger partial charge is 0.496 e. The minimum absolute atomic E-state index is 0.216. The number of amides is 1. The SMILES string of the molecule is COc1c(C)c(C)c(Cl)c(C)c1CNC(=O)C=O. The Hall–Kier alpha value is -1.55. The molecule has 0 aromatic heterocycles. The Kier molecular flexibility index (Phi) is 4.73. The molecule has 0 bridgehead atoms. The lowest BCUT2D eigenvalue weighted by molar-refractivity contribution is -0.131. The van der Waals surface area contributed by atoms with Gasteiger partial charge in [-0.1, -0.05) is 11.6 Å². The van der Waals surface area contributed by atoms with Gasteiger partial charge in [0.05, 0.1) is 7.11 Å². The molecule has 0 fully saturated rings. The Morgan fingerprint density at radius 2 is 1.89 bits per heavy atom. The molecular formula is C13H16ClNO3. The van der Waals surface area contributed by atoms with Gasteiger partial charge < -0.3 is 10.1 Å². The van der Waals surface area contributed by atoms with Crippen molar-refractivity contribution in [1.29, 1.82) is 0 Å². The number of hydrogen-bond donors (Lipinski definition) is 1. The van der Waals surface area contributed by atoms with Crippen molar-refractivity contribution in [2.75, 3.05) is 7.11 Å². The van der Waals surface area contributed by atoms with Crippen LogP contribution in [0.1, 0.15) is 22.3 Å². The van der Waals surface area contributed by atoms with E-state index in [0.29, 0.717) is 10.8 Å². The van der Waals surface area contributed by atoms with Gasteiger partial charge in [0, 0.05) is 17.1 Å². The van der Waals surface area contributed by atoms with Gasteiger partial charge in [0.25, 0.3) is 5.91 Å². The highest BCUT2D eigenvalue weighted by Crippen LogP contribution is 2.35. The van der Waals surface area contributed by atoms with Crippen molar-refractivity contribution in [3.63, 3.8) is 0 Å². The second-order valence-corrected chi connectivity index (χ2v) is 4.41. The average Bonchev–Trinajstić information content (AvgIpc) is 2.38. The standard InChI is InChI=1S/C13H16ClNO3/c1-7-8(2)13(18-4)10(9(3)12(7)14)5-15-11(17)6-16/h6H,5H2,1-4H3,(H,15,17). The fraction of sp³-hybridized carbons (Fsp3) is 0.385. The molecule has 4 nitrogen and oxygen atoms in total. The van der Waals surface area contributed by atoms with E-state index in [0.717, 1.165) is 22.3 Å². The van der Waals surface area contributed by atoms with Gasteiger partial charge in [-0.2, -0.15) is 0 Å². The highest BCUT2D eigenvalue weighted by molar-refractivity contribution is 6.32. The lowest BCUT2D eigenvalue weighted by Gasteiger charge is -2.18. The number of benzene rings is 1. The van der Waals surface area contributed by atoms with Crippen molar-refractivity contribution in [2.24, 2.45) is 0 Å². The summed E-state index contributed by atoms with van der Waals surface area (Å²) < 4.78 is 5.36.